The zero-order chi connectivity index (χ0) is 23.2. The van der Waals surface area contributed by atoms with E-state index in [0.29, 0.717) is 31.5 Å². The highest BCUT2D eigenvalue weighted by atomic mass is 35.5. The number of likely N-dealkylation sites (tertiary alicyclic amines) is 1. The molecule has 10 heteroatoms. The van der Waals surface area contributed by atoms with Gasteiger partial charge in [-0.2, -0.15) is 0 Å². The molecule has 0 aromatic carbocycles. The monoisotopic (exact) mass is 477 g/mol. The molecule has 5 rings (SSSR count). The van der Waals surface area contributed by atoms with Crippen molar-refractivity contribution in [2.45, 2.75) is 63.5 Å². The van der Waals surface area contributed by atoms with Gasteiger partial charge in [0.25, 0.3) is 0 Å². The Morgan fingerprint density at radius 3 is 2.97 bits per heavy atom. The molecule has 3 aliphatic rings. The van der Waals surface area contributed by atoms with Gasteiger partial charge in [0.15, 0.2) is 0 Å². The van der Waals surface area contributed by atoms with Crippen LogP contribution in [-0.2, 0) is 14.2 Å². The van der Waals surface area contributed by atoms with Crippen LogP contribution in [0.3, 0.4) is 0 Å². The molecule has 0 N–H and O–H groups in total. The predicted octanol–water partition coefficient (Wildman–Crippen LogP) is 3.47. The Kier molecular flexibility index (Phi) is 6.01. The summed E-state index contributed by atoms with van der Waals surface area (Å²) < 4.78 is 20.0. The van der Waals surface area contributed by atoms with Crippen LogP contribution in [0.4, 0.5) is 4.79 Å². The molecule has 33 heavy (non-hydrogen) atoms. The molecule has 5 heterocycles. The Hall–Kier alpha value is -1.94. The molecule has 3 fully saturated rings. The number of aromatic nitrogens is 3. The maximum atomic E-state index is 12.6. The van der Waals surface area contributed by atoms with Crippen LogP contribution in [-0.4, -0.2) is 87.1 Å². The Balaban J connectivity index is 1.25. The highest BCUT2D eigenvalue weighted by molar-refractivity contribution is 6.33. The summed E-state index contributed by atoms with van der Waals surface area (Å²) in [5.74, 6) is 0. The van der Waals surface area contributed by atoms with E-state index in [4.69, 9.17) is 25.8 Å². The first-order valence-corrected chi connectivity index (χ1v) is 12.1. The van der Waals surface area contributed by atoms with Gasteiger partial charge in [0.05, 0.1) is 30.2 Å². The predicted molar refractivity (Wildman–Crippen MR) is 123 cm³/mol. The molecule has 1 spiro atoms. The van der Waals surface area contributed by atoms with Gasteiger partial charge in [-0.1, -0.05) is 11.6 Å². The number of hydrogen-bond donors (Lipinski definition) is 0. The molecule has 1 unspecified atom stereocenters. The van der Waals surface area contributed by atoms with Gasteiger partial charge in [0.2, 0.25) is 0 Å². The van der Waals surface area contributed by atoms with E-state index < -0.39 is 5.60 Å². The average Bonchev–Trinajstić information content (AvgIpc) is 3.48. The van der Waals surface area contributed by atoms with E-state index in [1.807, 2.05) is 37.9 Å². The van der Waals surface area contributed by atoms with E-state index in [9.17, 15) is 4.79 Å². The third-order valence-corrected chi connectivity index (χ3v) is 7.11. The van der Waals surface area contributed by atoms with Crippen molar-refractivity contribution in [1.82, 2.24) is 24.3 Å². The van der Waals surface area contributed by atoms with E-state index in [0.717, 1.165) is 43.4 Å². The van der Waals surface area contributed by atoms with Crippen LogP contribution >= 0.6 is 11.6 Å². The van der Waals surface area contributed by atoms with Crippen LogP contribution in [0.1, 0.15) is 46.3 Å². The van der Waals surface area contributed by atoms with Crippen LogP contribution in [0.2, 0.25) is 5.15 Å². The molecule has 1 amide bonds. The van der Waals surface area contributed by atoms with Crippen LogP contribution in [0.5, 0.6) is 0 Å². The molecule has 180 valence electrons. The van der Waals surface area contributed by atoms with Crippen LogP contribution in [0.25, 0.3) is 11.0 Å². The van der Waals surface area contributed by atoms with E-state index in [2.05, 4.69) is 19.4 Å². The number of halogens is 1. The van der Waals surface area contributed by atoms with Crippen molar-refractivity contribution in [2.75, 3.05) is 39.4 Å². The number of rotatable bonds is 3. The topological polar surface area (TPSA) is 82.0 Å². The van der Waals surface area contributed by atoms with Crippen LogP contribution < -0.4 is 0 Å². The third kappa shape index (κ3) is 4.56. The summed E-state index contributed by atoms with van der Waals surface area (Å²) in [7, 11) is 0. The minimum atomic E-state index is -0.500. The zero-order valence-electron chi connectivity index (χ0n) is 19.5. The maximum absolute atomic E-state index is 12.6. The fourth-order valence-electron chi connectivity index (χ4n) is 5.21. The lowest BCUT2D eigenvalue weighted by Gasteiger charge is -2.45. The number of amides is 1. The average molecular weight is 478 g/mol. The number of ether oxygens (including phenoxy) is 3. The molecular weight excluding hydrogens is 446 g/mol. The van der Waals surface area contributed by atoms with Gasteiger partial charge in [-0.25, -0.2) is 14.8 Å². The third-order valence-electron chi connectivity index (χ3n) is 6.81. The van der Waals surface area contributed by atoms with Gasteiger partial charge in [-0.15, -0.1) is 0 Å². The SMILES string of the molecule is CC(C)(C)OC(=O)N1CCC2(COCCN2C[C@@H]2CC[C@H](n3ccc4c(Cl)ncnc43)O2)C1. The lowest BCUT2D eigenvalue weighted by molar-refractivity contribution is -0.0906. The van der Waals surface area contributed by atoms with Gasteiger partial charge < -0.3 is 23.7 Å². The van der Waals surface area contributed by atoms with Crippen molar-refractivity contribution in [1.29, 1.82) is 0 Å². The summed E-state index contributed by atoms with van der Waals surface area (Å²) in [6.45, 7) is 9.97. The second-order valence-electron chi connectivity index (χ2n) is 10.3. The first-order chi connectivity index (χ1) is 15.7. The molecule has 3 aliphatic heterocycles. The normalized spacial score (nSPS) is 28.8. The summed E-state index contributed by atoms with van der Waals surface area (Å²) in [6.07, 6.45) is 6.00. The number of fused-ring (bicyclic) bond motifs is 1. The summed E-state index contributed by atoms with van der Waals surface area (Å²) in [4.78, 5) is 25.4. The fourth-order valence-corrected chi connectivity index (χ4v) is 5.40. The lowest BCUT2D eigenvalue weighted by atomic mass is 9.95. The minimum Gasteiger partial charge on any atom is -0.444 e. The summed E-state index contributed by atoms with van der Waals surface area (Å²) in [5.41, 5.74) is 0.115. The highest BCUT2D eigenvalue weighted by Gasteiger charge is 2.48. The molecule has 0 saturated carbocycles. The molecule has 3 atom stereocenters. The van der Waals surface area contributed by atoms with Crippen LogP contribution in [0.15, 0.2) is 18.6 Å². The van der Waals surface area contributed by atoms with Crippen LogP contribution in [0, 0.1) is 0 Å². The molecule has 0 aliphatic carbocycles. The van der Waals surface area contributed by atoms with Crippen molar-refractivity contribution in [2.24, 2.45) is 0 Å². The number of hydrogen-bond acceptors (Lipinski definition) is 7. The molecule has 0 bridgehead atoms. The van der Waals surface area contributed by atoms with Gasteiger partial charge in [-0.05, 0) is 46.1 Å². The van der Waals surface area contributed by atoms with Gasteiger partial charge in [0.1, 0.15) is 29.0 Å². The molecule has 2 aromatic heterocycles. The van der Waals surface area contributed by atoms with Gasteiger partial charge in [0, 0.05) is 32.4 Å². The Bertz CT molecular complexity index is 1020. The zero-order valence-corrected chi connectivity index (χ0v) is 20.3. The fraction of sp³-hybridized carbons (Fsp3) is 0.696. The molecule has 9 nitrogen and oxygen atoms in total. The first kappa shape index (κ1) is 22.8. The summed E-state index contributed by atoms with van der Waals surface area (Å²) in [6, 6.07) is 1.94. The van der Waals surface area contributed by atoms with Crippen molar-refractivity contribution < 1.29 is 19.0 Å². The lowest BCUT2D eigenvalue weighted by Crippen LogP contribution is -2.60. The Labute approximate surface area is 198 Å². The smallest absolute Gasteiger partial charge is 0.410 e. The number of morpholine rings is 1. The first-order valence-electron chi connectivity index (χ1n) is 11.7. The maximum Gasteiger partial charge on any atom is 0.410 e. The molecule has 2 aromatic rings. The standard InChI is InChI=1S/C23H32ClN5O4/c1-22(2,3)33-21(30)27-9-7-23(13-27)14-31-11-10-28(23)12-16-4-5-18(32-16)29-8-6-17-19(24)25-15-26-20(17)29/h6,8,15-16,18H,4-5,7,9-14H2,1-3H3/t16-,18+,23?/m0/s1. The van der Waals surface area contributed by atoms with Crippen molar-refractivity contribution in [3.05, 3.63) is 23.7 Å². The van der Waals surface area contributed by atoms with E-state index in [-0.39, 0.29) is 24.0 Å². The summed E-state index contributed by atoms with van der Waals surface area (Å²) in [5, 5.41) is 1.30. The minimum absolute atomic E-state index is 0.0719. The van der Waals surface area contributed by atoms with Crippen molar-refractivity contribution in [3.8, 4) is 0 Å². The Morgan fingerprint density at radius 2 is 2.15 bits per heavy atom. The van der Waals surface area contributed by atoms with Gasteiger partial charge >= 0.3 is 6.09 Å². The Morgan fingerprint density at radius 1 is 1.30 bits per heavy atom. The second kappa shape index (κ2) is 8.69. The quantitative estimate of drug-likeness (QED) is 0.626. The number of carbonyl (C=O) groups is 1. The highest BCUT2D eigenvalue weighted by Crippen LogP contribution is 2.36. The largest absolute Gasteiger partial charge is 0.444 e. The molecule has 3 saturated heterocycles. The van der Waals surface area contributed by atoms with Crippen molar-refractivity contribution in [3.63, 3.8) is 0 Å². The van der Waals surface area contributed by atoms with E-state index in [1.165, 1.54) is 6.33 Å². The second-order valence-corrected chi connectivity index (χ2v) is 10.6. The molecule has 0 radical (unpaired) electrons. The molecular formula is C23H32ClN5O4. The van der Waals surface area contributed by atoms with Gasteiger partial charge in [-0.3, -0.25) is 4.90 Å². The number of nitrogens with zero attached hydrogens (tertiary/aromatic N) is 5. The van der Waals surface area contributed by atoms with E-state index in [1.54, 1.807) is 0 Å². The van der Waals surface area contributed by atoms with Crippen molar-refractivity contribution >= 4 is 28.7 Å². The van der Waals surface area contributed by atoms with E-state index >= 15 is 0 Å². The number of carbonyl (C=O) groups excluding carboxylic acids is 1. The summed E-state index contributed by atoms with van der Waals surface area (Å²) >= 11 is 6.21.